The minimum Gasteiger partial charge on any atom is -0.483 e. The molecule has 0 bridgehead atoms. The zero-order valence-corrected chi connectivity index (χ0v) is 20.7. The number of benzene rings is 3. The van der Waals surface area contributed by atoms with Crippen LogP contribution in [-0.2, 0) is 16.1 Å². The van der Waals surface area contributed by atoms with E-state index in [2.05, 4.69) is 26.6 Å². The van der Waals surface area contributed by atoms with E-state index in [9.17, 15) is 14.9 Å². The highest BCUT2D eigenvalue weighted by atomic mass is 79.9. The van der Waals surface area contributed by atoms with Gasteiger partial charge in [0, 0.05) is 12.2 Å². The van der Waals surface area contributed by atoms with Crippen molar-refractivity contribution >= 4 is 62.7 Å². The fraction of sp³-hybridized carbons (Fsp3) is 0.0800. The number of nitriles is 1. The molecule has 0 radical (unpaired) electrons. The van der Waals surface area contributed by atoms with E-state index in [1.807, 2.05) is 36.4 Å². The van der Waals surface area contributed by atoms with Crippen molar-refractivity contribution in [3.8, 4) is 11.8 Å². The summed E-state index contributed by atoms with van der Waals surface area (Å²) >= 11 is 15.2. The number of rotatable bonds is 8. The van der Waals surface area contributed by atoms with E-state index in [0.717, 1.165) is 5.56 Å². The smallest absolute Gasteiger partial charge is 0.262 e. The number of carbonyl (C=O) groups excluding carboxylic acids is 2. The number of halogens is 3. The molecule has 0 spiro atoms. The average molecular weight is 559 g/mol. The van der Waals surface area contributed by atoms with E-state index >= 15 is 0 Å². The molecule has 9 heteroatoms. The monoisotopic (exact) mass is 557 g/mol. The molecule has 0 atom stereocenters. The molecule has 0 saturated heterocycles. The lowest BCUT2D eigenvalue weighted by Crippen LogP contribution is -2.23. The number of hydrogen-bond donors (Lipinski definition) is 2. The molecule has 2 N–H and O–H groups in total. The molecular weight excluding hydrogens is 541 g/mol. The first kappa shape index (κ1) is 25.3. The summed E-state index contributed by atoms with van der Waals surface area (Å²) < 4.78 is 6.12. The van der Waals surface area contributed by atoms with Crippen LogP contribution in [0.2, 0.25) is 10.0 Å². The minimum atomic E-state index is -0.471. The molecule has 172 valence electrons. The second-order valence-corrected chi connectivity index (χ2v) is 8.66. The predicted molar refractivity (Wildman–Crippen MR) is 137 cm³/mol. The molecule has 0 aliphatic rings. The van der Waals surface area contributed by atoms with Gasteiger partial charge >= 0.3 is 0 Å². The Morgan fingerprint density at radius 1 is 1.03 bits per heavy atom. The molecule has 0 aliphatic carbocycles. The molecule has 34 heavy (non-hydrogen) atoms. The molecule has 3 aromatic rings. The van der Waals surface area contributed by atoms with Gasteiger partial charge < -0.3 is 15.4 Å². The van der Waals surface area contributed by atoms with Crippen molar-refractivity contribution < 1.29 is 14.3 Å². The van der Waals surface area contributed by atoms with E-state index in [1.165, 1.54) is 6.08 Å². The zero-order valence-electron chi connectivity index (χ0n) is 17.6. The van der Waals surface area contributed by atoms with Gasteiger partial charge in [0.2, 0.25) is 0 Å². The SMILES string of the molecule is N#C/C(=C\c1ccc(OCC(=O)Nc2ccc(Cl)c(Cl)c2)c(Br)c1)C(=O)NCc1ccccc1. The maximum Gasteiger partial charge on any atom is 0.262 e. The van der Waals surface area contributed by atoms with Crippen LogP contribution in [0.3, 0.4) is 0 Å². The third-order valence-electron chi connectivity index (χ3n) is 4.49. The first-order valence-corrected chi connectivity index (χ1v) is 11.5. The van der Waals surface area contributed by atoms with Crippen molar-refractivity contribution in [2.24, 2.45) is 0 Å². The molecule has 0 saturated carbocycles. The lowest BCUT2D eigenvalue weighted by atomic mass is 10.1. The van der Waals surface area contributed by atoms with Crippen LogP contribution in [0.5, 0.6) is 5.75 Å². The van der Waals surface area contributed by atoms with Gasteiger partial charge in [-0.15, -0.1) is 0 Å². The summed E-state index contributed by atoms with van der Waals surface area (Å²) in [6.45, 7) is 0.0822. The van der Waals surface area contributed by atoms with Gasteiger partial charge in [-0.25, -0.2) is 0 Å². The molecule has 2 amide bonds. The Labute approximate surface area is 215 Å². The van der Waals surface area contributed by atoms with Crippen molar-refractivity contribution in [1.29, 1.82) is 5.26 Å². The Balaban J connectivity index is 1.59. The predicted octanol–water partition coefficient (Wildman–Crippen LogP) is 6.00. The van der Waals surface area contributed by atoms with Crippen LogP contribution in [0.1, 0.15) is 11.1 Å². The maximum absolute atomic E-state index is 12.4. The van der Waals surface area contributed by atoms with E-state index in [0.29, 0.717) is 38.1 Å². The maximum atomic E-state index is 12.4. The first-order chi connectivity index (χ1) is 16.4. The molecule has 0 aliphatic heterocycles. The van der Waals surface area contributed by atoms with Crippen molar-refractivity contribution in [3.05, 3.63) is 97.9 Å². The Hall–Kier alpha value is -3.31. The van der Waals surface area contributed by atoms with Crippen molar-refractivity contribution in [2.45, 2.75) is 6.54 Å². The number of anilines is 1. The largest absolute Gasteiger partial charge is 0.483 e. The number of nitrogens with one attached hydrogen (secondary N) is 2. The molecule has 3 rings (SSSR count). The van der Waals surface area contributed by atoms with Crippen LogP contribution in [0, 0.1) is 11.3 Å². The van der Waals surface area contributed by atoms with Crippen LogP contribution < -0.4 is 15.4 Å². The second-order valence-electron chi connectivity index (χ2n) is 6.99. The Bertz CT molecular complexity index is 1270. The van der Waals surface area contributed by atoms with E-state index in [-0.39, 0.29) is 18.1 Å². The minimum absolute atomic E-state index is 0.0301. The van der Waals surface area contributed by atoms with Gasteiger partial charge in [-0.05, 0) is 63.5 Å². The molecular formula is C25H18BrCl2N3O3. The lowest BCUT2D eigenvalue weighted by Gasteiger charge is -2.10. The number of amides is 2. The summed E-state index contributed by atoms with van der Waals surface area (Å²) in [5.74, 6) is -0.425. The average Bonchev–Trinajstić information content (AvgIpc) is 2.83. The quantitative estimate of drug-likeness (QED) is 0.262. The number of nitrogens with zero attached hydrogens (tertiary/aromatic N) is 1. The highest BCUT2D eigenvalue weighted by Gasteiger charge is 2.11. The van der Waals surface area contributed by atoms with Gasteiger partial charge in [0.25, 0.3) is 11.8 Å². The summed E-state index contributed by atoms with van der Waals surface area (Å²) in [6.07, 6.45) is 1.48. The van der Waals surface area contributed by atoms with Gasteiger partial charge in [0.15, 0.2) is 6.61 Å². The lowest BCUT2D eigenvalue weighted by molar-refractivity contribution is -0.118. The standard InChI is InChI=1S/C25H18BrCl2N3O3/c26-20-11-17(10-18(13-29)25(33)30-14-16-4-2-1-3-5-16)6-9-23(20)34-15-24(32)31-19-7-8-21(27)22(28)12-19/h1-12H,14-15H2,(H,30,33)(H,31,32)/b18-10+. The van der Waals surface area contributed by atoms with E-state index in [1.54, 1.807) is 36.4 Å². The summed E-state index contributed by atoms with van der Waals surface area (Å²) in [7, 11) is 0. The van der Waals surface area contributed by atoms with Crippen LogP contribution in [-0.4, -0.2) is 18.4 Å². The zero-order chi connectivity index (χ0) is 24.5. The summed E-state index contributed by atoms with van der Waals surface area (Å²) in [4.78, 5) is 24.5. The van der Waals surface area contributed by atoms with Gasteiger partial charge in [-0.1, -0.05) is 59.6 Å². The van der Waals surface area contributed by atoms with Crippen LogP contribution in [0.25, 0.3) is 6.08 Å². The van der Waals surface area contributed by atoms with Crippen LogP contribution in [0.4, 0.5) is 5.69 Å². The molecule has 3 aromatic carbocycles. The third kappa shape index (κ3) is 7.35. The van der Waals surface area contributed by atoms with Crippen molar-refractivity contribution in [2.75, 3.05) is 11.9 Å². The molecule has 6 nitrogen and oxygen atoms in total. The van der Waals surface area contributed by atoms with Crippen molar-refractivity contribution in [3.63, 3.8) is 0 Å². The molecule has 0 unspecified atom stereocenters. The fourth-order valence-corrected chi connectivity index (χ4v) is 3.64. The van der Waals surface area contributed by atoms with Gasteiger partial charge in [0.1, 0.15) is 17.4 Å². The van der Waals surface area contributed by atoms with Crippen LogP contribution in [0.15, 0.2) is 76.8 Å². The highest BCUT2D eigenvalue weighted by molar-refractivity contribution is 9.10. The number of carbonyl (C=O) groups is 2. The Morgan fingerprint density at radius 3 is 2.47 bits per heavy atom. The third-order valence-corrected chi connectivity index (χ3v) is 5.85. The molecule has 0 aromatic heterocycles. The molecule has 0 heterocycles. The normalized spacial score (nSPS) is 10.8. The van der Waals surface area contributed by atoms with Gasteiger partial charge in [-0.3, -0.25) is 9.59 Å². The number of hydrogen-bond acceptors (Lipinski definition) is 4. The highest BCUT2D eigenvalue weighted by Crippen LogP contribution is 2.28. The van der Waals surface area contributed by atoms with Crippen molar-refractivity contribution in [1.82, 2.24) is 5.32 Å². The van der Waals surface area contributed by atoms with E-state index in [4.69, 9.17) is 27.9 Å². The fourth-order valence-electron chi connectivity index (χ4n) is 2.83. The second kappa shape index (κ2) is 12.2. The first-order valence-electron chi connectivity index (χ1n) is 9.97. The summed E-state index contributed by atoms with van der Waals surface area (Å²) in [5.41, 5.74) is 2.01. The van der Waals surface area contributed by atoms with Gasteiger partial charge in [-0.2, -0.15) is 5.26 Å². The number of ether oxygens (including phenoxy) is 1. The molecule has 0 fully saturated rings. The van der Waals surface area contributed by atoms with E-state index < -0.39 is 5.91 Å². The Kier molecular flexibility index (Phi) is 9.11. The van der Waals surface area contributed by atoms with Gasteiger partial charge in [0.05, 0.1) is 14.5 Å². The topological polar surface area (TPSA) is 91.2 Å². The summed E-state index contributed by atoms with van der Waals surface area (Å²) in [6, 6.07) is 21.1. The Morgan fingerprint density at radius 2 is 1.79 bits per heavy atom. The van der Waals surface area contributed by atoms with Crippen LogP contribution >= 0.6 is 39.1 Å². The summed E-state index contributed by atoms with van der Waals surface area (Å²) in [5, 5.41) is 15.5.